The lowest BCUT2D eigenvalue weighted by Crippen LogP contribution is -2.22. The highest BCUT2D eigenvalue weighted by Crippen LogP contribution is 2.30. The quantitative estimate of drug-likeness (QED) is 0.887. The van der Waals surface area contributed by atoms with E-state index in [1.807, 2.05) is 0 Å². The van der Waals surface area contributed by atoms with Crippen LogP contribution in [-0.4, -0.2) is 37.0 Å². The molecular weight excluding hydrogens is 235 g/mol. The summed E-state index contributed by atoms with van der Waals surface area (Å²) >= 11 is 0. The average Bonchev–Trinajstić information content (AvgIpc) is 2.14. The molecule has 0 aliphatic heterocycles. The van der Waals surface area contributed by atoms with Gasteiger partial charge in [0, 0.05) is 12.1 Å². The predicted molar refractivity (Wildman–Crippen MR) is 56.6 cm³/mol. The number of alkyl halides is 3. The third-order valence-corrected chi connectivity index (χ3v) is 2.04. The zero-order valence-corrected chi connectivity index (χ0v) is 9.53. The highest BCUT2D eigenvalue weighted by Gasteiger charge is 2.32. The van der Waals surface area contributed by atoms with Gasteiger partial charge in [-0.1, -0.05) is 18.2 Å². The maximum atomic E-state index is 12.1. The molecule has 1 unspecified atom stereocenters. The van der Waals surface area contributed by atoms with E-state index in [-0.39, 0.29) is 17.9 Å². The Morgan fingerprint density at radius 1 is 1.29 bits per heavy atom. The summed E-state index contributed by atoms with van der Waals surface area (Å²) in [6.45, 7) is 0.220. The maximum Gasteiger partial charge on any atom is 0.573 e. The van der Waals surface area contributed by atoms with E-state index >= 15 is 0 Å². The Kier molecular flexibility index (Phi) is 4.36. The van der Waals surface area contributed by atoms with Crippen molar-refractivity contribution in [1.82, 2.24) is 4.90 Å². The maximum absolute atomic E-state index is 12.1. The van der Waals surface area contributed by atoms with E-state index in [0.29, 0.717) is 0 Å². The van der Waals surface area contributed by atoms with Crippen LogP contribution in [0.25, 0.3) is 0 Å². The Labute approximate surface area is 97.4 Å². The normalized spacial score (nSPS) is 13.8. The van der Waals surface area contributed by atoms with E-state index in [4.69, 9.17) is 0 Å². The van der Waals surface area contributed by atoms with Gasteiger partial charge in [-0.15, -0.1) is 13.2 Å². The lowest BCUT2D eigenvalue weighted by Gasteiger charge is -2.19. The molecule has 1 aromatic rings. The average molecular weight is 249 g/mol. The van der Waals surface area contributed by atoms with E-state index < -0.39 is 12.5 Å². The van der Waals surface area contributed by atoms with Crippen molar-refractivity contribution in [2.45, 2.75) is 12.5 Å². The molecule has 17 heavy (non-hydrogen) atoms. The standard InChI is InChI=1S/C11H14F3NO2/c1-15(2)7-9(16)8-5-3-4-6-10(8)17-11(12,13)14/h3-6,9,16H,7H2,1-2H3. The molecule has 0 bridgehead atoms. The summed E-state index contributed by atoms with van der Waals surface area (Å²) in [5.74, 6) is -0.366. The van der Waals surface area contributed by atoms with Crippen LogP contribution in [0.1, 0.15) is 11.7 Å². The SMILES string of the molecule is CN(C)CC(O)c1ccccc1OC(F)(F)F. The summed E-state index contributed by atoms with van der Waals surface area (Å²) in [4.78, 5) is 1.68. The second-order valence-corrected chi connectivity index (χ2v) is 3.86. The summed E-state index contributed by atoms with van der Waals surface area (Å²) in [6, 6.07) is 5.57. The van der Waals surface area contributed by atoms with Gasteiger partial charge in [-0.3, -0.25) is 0 Å². The van der Waals surface area contributed by atoms with Crippen molar-refractivity contribution in [2.24, 2.45) is 0 Å². The second kappa shape index (κ2) is 5.37. The molecule has 0 aromatic heterocycles. The van der Waals surface area contributed by atoms with Gasteiger partial charge in [-0.25, -0.2) is 0 Å². The number of aliphatic hydroxyl groups is 1. The molecule has 1 rings (SSSR count). The van der Waals surface area contributed by atoms with Crippen molar-refractivity contribution >= 4 is 0 Å². The Hall–Kier alpha value is -1.27. The van der Waals surface area contributed by atoms with Crippen molar-refractivity contribution in [3.8, 4) is 5.75 Å². The van der Waals surface area contributed by atoms with Gasteiger partial charge in [0.2, 0.25) is 0 Å². The number of rotatable bonds is 4. The number of para-hydroxylation sites is 1. The lowest BCUT2D eigenvalue weighted by atomic mass is 10.1. The van der Waals surface area contributed by atoms with Crippen molar-refractivity contribution in [3.63, 3.8) is 0 Å². The zero-order valence-electron chi connectivity index (χ0n) is 9.53. The molecular formula is C11H14F3NO2. The molecule has 6 heteroatoms. The molecule has 0 saturated carbocycles. The van der Waals surface area contributed by atoms with Gasteiger partial charge in [0.15, 0.2) is 0 Å². The van der Waals surface area contributed by atoms with E-state index in [1.54, 1.807) is 25.1 Å². The first-order chi connectivity index (χ1) is 7.79. The first kappa shape index (κ1) is 13.8. The van der Waals surface area contributed by atoms with Gasteiger partial charge in [0.05, 0.1) is 6.10 Å². The van der Waals surface area contributed by atoms with Gasteiger partial charge in [-0.2, -0.15) is 0 Å². The molecule has 0 aliphatic rings. The summed E-state index contributed by atoms with van der Waals surface area (Å²) in [7, 11) is 3.44. The van der Waals surface area contributed by atoms with Crippen LogP contribution in [0, 0.1) is 0 Å². The molecule has 0 heterocycles. The third-order valence-electron chi connectivity index (χ3n) is 2.04. The number of halogens is 3. The van der Waals surface area contributed by atoms with Crippen molar-refractivity contribution in [2.75, 3.05) is 20.6 Å². The number of aliphatic hydroxyl groups excluding tert-OH is 1. The molecule has 1 N–H and O–H groups in total. The Bertz CT molecular complexity index is 366. The van der Waals surface area contributed by atoms with Crippen LogP contribution in [0.15, 0.2) is 24.3 Å². The largest absolute Gasteiger partial charge is 0.573 e. The summed E-state index contributed by atoms with van der Waals surface area (Å²) in [5.41, 5.74) is 0.124. The first-order valence-corrected chi connectivity index (χ1v) is 4.97. The topological polar surface area (TPSA) is 32.7 Å². The van der Waals surface area contributed by atoms with E-state index in [2.05, 4.69) is 4.74 Å². The van der Waals surface area contributed by atoms with E-state index in [0.717, 1.165) is 0 Å². The molecule has 0 aliphatic carbocycles. The summed E-state index contributed by atoms with van der Waals surface area (Å²) in [5, 5.41) is 9.78. The molecule has 1 aromatic carbocycles. The smallest absolute Gasteiger partial charge is 0.405 e. The molecule has 3 nitrogen and oxygen atoms in total. The second-order valence-electron chi connectivity index (χ2n) is 3.86. The van der Waals surface area contributed by atoms with Crippen LogP contribution in [-0.2, 0) is 0 Å². The molecule has 0 radical (unpaired) electrons. The van der Waals surface area contributed by atoms with Gasteiger partial charge < -0.3 is 14.7 Å². The van der Waals surface area contributed by atoms with Crippen molar-refractivity contribution < 1.29 is 23.0 Å². The van der Waals surface area contributed by atoms with Crippen LogP contribution < -0.4 is 4.74 Å². The van der Waals surface area contributed by atoms with Crippen LogP contribution in [0.2, 0.25) is 0 Å². The molecule has 0 saturated heterocycles. The minimum Gasteiger partial charge on any atom is -0.405 e. The fraction of sp³-hybridized carbons (Fsp3) is 0.455. The van der Waals surface area contributed by atoms with Crippen LogP contribution >= 0.6 is 0 Å². The summed E-state index contributed by atoms with van der Waals surface area (Å²) < 4.78 is 40.3. The van der Waals surface area contributed by atoms with Crippen LogP contribution in [0.3, 0.4) is 0 Å². The van der Waals surface area contributed by atoms with E-state index in [9.17, 15) is 18.3 Å². The molecule has 0 fully saturated rings. The fourth-order valence-electron chi connectivity index (χ4n) is 1.42. The van der Waals surface area contributed by atoms with Gasteiger partial charge in [0.1, 0.15) is 5.75 Å². The predicted octanol–water partition coefficient (Wildman–Crippen LogP) is 2.18. The van der Waals surface area contributed by atoms with E-state index in [1.165, 1.54) is 18.2 Å². The molecule has 1 atom stereocenters. The molecule has 96 valence electrons. The third kappa shape index (κ3) is 4.62. The van der Waals surface area contributed by atoms with Crippen LogP contribution in [0.5, 0.6) is 5.75 Å². The Balaban J connectivity index is 2.91. The Morgan fingerprint density at radius 3 is 2.41 bits per heavy atom. The number of likely N-dealkylation sites (N-methyl/N-ethyl adjacent to an activating group) is 1. The Morgan fingerprint density at radius 2 is 1.88 bits per heavy atom. The number of hydrogen-bond donors (Lipinski definition) is 1. The van der Waals surface area contributed by atoms with Gasteiger partial charge in [0.25, 0.3) is 0 Å². The number of ether oxygens (including phenoxy) is 1. The zero-order chi connectivity index (χ0) is 13.1. The van der Waals surface area contributed by atoms with Crippen molar-refractivity contribution in [1.29, 1.82) is 0 Å². The van der Waals surface area contributed by atoms with Crippen molar-refractivity contribution in [3.05, 3.63) is 29.8 Å². The lowest BCUT2D eigenvalue weighted by molar-refractivity contribution is -0.275. The van der Waals surface area contributed by atoms with Crippen LogP contribution in [0.4, 0.5) is 13.2 Å². The first-order valence-electron chi connectivity index (χ1n) is 4.97. The number of nitrogens with zero attached hydrogens (tertiary/aromatic N) is 1. The molecule has 0 spiro atoms. The fourth-order valence-corrected chi connectivity index (χ4v) is 1.42. The highest BCUT2D eigenvalue weighted by atomic mass is 19.4. The highest BCUT2D eigenvalue weighted by molar-refractivity contribution is 5.35. The summed E-state index contributed by atoms with van der Waals surface area (Å²) in [6.07, 6.45) is -5.78. The minimum atomic E-state index is -4.76. The molecule has 0 amide bonds. The van der Waals surface area contributed by atoms with Gasteiger partial charge in [-0.05, 0) is 20.2 Å². The minimum absolute atomic E-state index is 0.124. The monoisotopic (exact) mass is 249 g/mol. The number of hydrogen-bond acceptors (Lipinski definition) is 3. The number of benzene rings is 1. The van der Waals surface area contributed by atoms with Gasteiger partial charge >= 0.3 is 6.36 Å².